The third-order valence-electron chi connectivity index (χ3n) is 5.37. The number of aromatic nitrogens is 2. The average molecular weight is 451 g/mol. The first-order valence-corrected chi connectivity index (χ1v) is 10.3. The molecule has 1 saturated carbocycles. The number of hydrogen-bond acceptors (Lipinski definition) is 7. The normalized spacial score (nSPS) is 18.9. The first kappa shape index (κ1) is 22.1. The van der Waals surface area contributed by atoms with E-state index in [0.717, 1.165) is 31.0 Å². The van der Waals surface area contributed by atoms with Gasteiger partial charge in [-0.25, -0.2) is 4.98 Å². The molecular formula is C21H24F3N5O3. The number of halogens is 3. The standard InChI is InChI=1S/C21H24F3N5O3/c1-25-19-15(21(22,23)24)9-26-20(28-19)27-16-5-4-14(8-17(16)32-11-13-2-3-13)18-10-29(12-30)6-7-31-18/h4-5,8-9,12-13,18H,2-3,6-7,10-11H2,1H3,(H2,25,26,27,28). The molecule has 2 fully saturated rings. The Labute approximate surface area is 183 Å². The van der Waals surface area contributed by atoms with Crippen LogP contribution in [0.2, 0.25) is 0 Å². The summed E-state index contributed by atoms with van der Waals surface area (Å²) in [6.45, 7) is 1.96. The van der Waals surface area contributed by atoms with Crippen LogP contribution in [0.4, 0.5) is 30.6 Å². The van der Waals surface area contributed by atoms with E-state index in [1.54, 1.807) is 11.0 Å². The predicted octanol–water partition coefficient (Wildman–Crippen LogP) is 3.60. The van der Waals surface area contributed by atoms with Crippen LogP contribution in [0.3, 0.4) is 0 Å². The van der Waals surface area contributed by atoms with E-state index in [4.69, 9.17) is 9.47 Å². The van der Waals surface area contributed by atoms with Gasteiger partial charge in [-0.3, -0.25) is 4.79 Å². The van der Waals surface area contributed by atoms with Crippen molar-refractivity contribution in [3.63, 3.8) is 0 Å². The van der Waals surface area contributed by atoms with Gasteiger partial charge in [0.2, 0.25) is 12.4 Å². The summed E-state index contributed by atoms with van der Waals surface area (Å²) in [4.78, 5) is 20.6. The molecule has 2 N–H and O–H groups in total. The molecule has 0 radical (unpaired) electrons. The number of nitrogens with zero attached hydrogens (tertiary/aromatic N) is 3. The van der Waals surface area contributed by atoms with E-state index >= 15 is 0 Å². The smallest absolute Gasteiger partial charge is 0.421 e. The van der Waals surface area contributed by atoms with Gasteiger partial charge in [0.25, 0.3) is 0 Å². The summed E-state index contributed by atoms with van der Waals surface area (Å²) in [5, 5.41) is 5.42. The van der Waals surface area contributed by atoms with Crippen molar-refractivity contribution in [3.8, 4) is 5.75 Å². The molecule has 11 heteroatoms. The number of amides is 1. The van der Waals surface area contributed by atoms with Crippen molar-refractivity contribution in [1.82, 2.24) is 14.9 Å². The monoisotopic (exact) mass is 451 g/mol. The van der Waals surface area contributed by atoms with Gasteiger partial charge in [-0.15, -0.1) is 0 Å². The number of anilines is 3. The lowest BCUT2D eigenvalue weighted by Gasteiger charge is -2.30. The quantitative estimate of drug-likeness (QED) is 0.593. The summed E-state index contributed by atoms with van der Waals surface area (Å²) in [6.07, 6.45) is -1.09. The Balaban J connectivity index is 1.59. The second-order valence-electron chi connectivity index (χ2n) is 7.80. The zero-order valence-corrected chi connectivity index (χ0v) is 17.5. The third-order valence-corrected chi connectivity index (χ3v) is 5.37. The lowest BCUT2D eigenvalue weighted by atomic mass is 10.1. The molecular weight excluding hydrogens is 427 g/mol. The lowest BCUT2D eigenvalue weighted by molar-refractivity contribution is -0.137. The third kappa shape index (κ3) is 5.21. The Kier molecular flexibility index (Phi) is 6.35. The van der Waals surface area contributed by atoms with Gasteiger partial charge in [-0.05, 0) is 36.5 Å². The highest BCUT2D eigenvalue weighted by atomic mass is 19.4. The molecule has 1 aromatic carbocycles. The van der Waals surface area contributed by atoms with Gasteiger partial charge in [-0.1, -0.05) is 6.07 Å². The molecule has 1 aliphatic carbocycles. The van der Waals surface area contributed by atoms with Crippen LogP contribution in [-0.4, -0.2) is 54.6 Å². The highest BCUT2D eigenvalue weighted by Crippen LogP contribution is 2.37. The summed E-state index contributed by atoms with van der Waals surface area (Å²) in [7, 11) is 1.37. The number of carbonyl (C=O) groups excluding carboxylic acids is 1. The zero-order chi connectivity index (χ0) is 22.7. The fourth-order valence-electron chi connectivity index (χ4n) is 3.38. The molecule has 0 spiro atoms. The Morgan fingerprint density at radius 1 is 1.34 bits per heavy atom. The van der Waals surface area contributed by atoms with Crippen molar-refractivity contribution in [2.45, 2.75) is 25.1 Å². The number of carbonyl (C=O) groups is 1. The molecule has 1 amide bonds. The summed E-state index contributed by atoms with van der Waals surface area (Å²) in [5.41, 5.74) is 0.427. The van der Waals surface area contributed by atoms with Crippen molar-refractivity contribution in [2.75, 3.05) is 44.0 Å². The second-order valence-corrected chi connectivity index (χ2v) is 7.80. The molecule has 8 nitrogen and oxygen atoms in total. The minimum atomic E-state index is -4.56. The maximum Gasteiger partial charge on any atom is 0.421 e. The number of morpholine rings is 1. The van der Waals surface area contributed by atoms with E-state index in [9.17, 15) is 18.0 Å². The minimum absolute atomic E-state index is 0.00687. The number of nitrogens with one attached hydrogen (secondary N) is 2. The second kappa shape index (κ2) is 9.19. The van der Waals surface area contributed by atoms with Gasteiger partial charge >= 0.3 is 6.18 Å². The van der Waals surface area contributed by atoms with Crippen LogP contribution in [0.25, 0.3) is 0 Å². The number of benzene rings is 1. The van der Waals surface area contributed by atoms with Gasteiger partial charge in [-0.2, -0.15) is 18.2 Å². The molecule has 172 valence electrons. The number of rotatable bonds is 8. The number of ether oxygens (including phenoxy) is 2. The Bertz CT molecular complexity index is 968. The van der Waals surface area contributed by atoms with Gasteiger partial charge < -0.3 is 25.0 Å². The molecule has 1 atom stereocenters. The van der Waals surface area contributed by atoms with E-state index in [0.29, 0.717) is 43.7 Å². The zero-order valence-electron chi connectivity index (χ0n) is 17.5. The van der Waals surface area contributed by atoms with E-state index in [2.05, 4.69) is 20.6 Å². The molecule has 2 aromatic rings. The van der Waals surface area contributed by atoms with Crippen LogP contribution in [0.5, 0.6) is 5.75 Å². The molecule has 1 aromatic heterocycles. The van der Waals surface area contributed by atoms with Crippen molar-refractivity contribution >= 4 is 23.9 Å². The Hall–Kier alpha value is -3.08. The highest BCUT2D eigenvalue weighted by Gasteiger charge is 2.35. The fourth-order valence-corrected chi connectivity index (χ4v) is 3.38. The lowest BCUT2D eigenvalue weighted by Crippen LogP contribution is -2.37. The number of hydrogen-bond donors (Lipinski definition) is 2. The van der Waals surface area contributed by atoms with Crippen LogP contribution in [0.15, 0.2) is 24.4 Å². The molecule has 1 aliphatic heterocycles. The molecule has 2 heterocycles. The maximum absolute atomic E-state index is 13.1. The van der Waals surface area contributed by atoms with Crippen LogP contribution >= 0.6 is 0 Å². The Morgan fingerprint density at radius 3 is 2.84 bits per heavy atom. The van der Waals surface area contributed by atoms with E-state index < -0.39 is 11.7 Å². The highest BCUT2D eigenvalue weighted by molar-refractivity contribution is 5.65. The van der Waals surface area contributed by atoms with Crippen LogP contribution in [-0.2, 0) is 15.7 Å². The largest absolute Gasteiger partial charge is 0.491 e. The van der Waals surface area contributed by atoms with E-state index in [-0.39, 0.29) is 17.9 Å². The van der Waals surface area contributed by atoms with Crippen molar-refractivity contribution in [3.05, 3.63) is 35.5 Å². The first-order chi connectivity index (χ1) is 15.4. The predicted molar refractivity (Wildman–Crippen MR) is 111 cm³/mol. The van der Waals surface area contributed by atoms with Crippen LogP contribution in [0.1, 0.15) is 30.1 Å². The summed E-state index contributed by atoms with van der Waals surface area (Å²) >= 11 is 0. The fraction of sp³-hybridized carbons (Fsp3) is 0.476. The van der Waals surface area contributed by atoms with E-state index in [1.165, 1.54) is 7.05 Å². The van der Waals surface area contributed by atoms with Gasteiger partial charge in [0.05, 0.1) is 25.4 Å². The molecule has 0 bridgehead atoms. The topological polar surface area (TPSA) is 88.6 Å². The molecule has 1 unspecified atom stereocenters. The molecule has 32 heavy (non-hydrogen) atoms. The van der Waals surface area contributed by atoms with Crippen molar-refractivity contribution in [1.29, 1.82) is 0 Å². The maximum atomic E-state index is 13.1. The van der Waals surface area contributed by atoms with Gasteiger partial charge in [0.1, 0.15) is 23.2 Å². The molecule has 4 rings (SSSR count). The summed E-state index contributed by atoms with van der Waals surface area (Å²) in [5.74, 6) is 0.709. The Morgan fingerprint density at radius 2 is 2.16 bits per heavy atom. The summed E-state index contributed by atoms with van der Waals surface area (Å²) < 4.78 is 51.2. The first-order valence-electron chi connectivity index (χ1n) is 10.3. The van der Waals surface area contributed by atoms with Gasteiger partial charge in [0, 0.05) is 19.8 Å². The number of alkyl halides is 3. The van der Waals surface area contributed by atoms with Crippen molar-refractivity contribution < 1.29 is 27.4 Å². The van der Waals surface area contributed by atoms with Crippen LogP contribution < -0.4 is 15.4 Å². The van der Waals surface area contributed by atoms with Crippen LogP contribution in [0, 0.1) is 5.92 Å². The van der Waals surface area contributed by atoms with Gasteiger partial charge in [0.15, 0.2) is 0 Å². The summed E-state index contributed by atoms with van der Waals surface area (Å²) in [6, 6.07) is 5.40. The molecule has 2 aliphatic rings. The minimum Gasteiger partial charge on any atom is -0.491 e. The van der Waals surface area contributed by atoms with E-state index in [1.807, 2.05) is 12.1 Å². The van der Waals surface area contributed by atoms with Crippen molar-refractivity contribution in [2.24, 2.45) is 5.92 Å². The average Bonchev–Trinajstić information content (AvgIpc) is 3.62. The molecule has 1 saturated heterocycles. The SMILES string of the molecule is CNc1nc(Nc2ccc(C3CN(C=O)CCO3)cc2OCC2CC2)ncc1C(F)(F)F.